The summed E-state index contributed by atoms with van der Waals surface area (Å²) in [6.45, 7) is 6.66. The van der Waals surface area contributed by atoms with Crippen molar-refractivity contribution in [3.8, 4) is 5.75 Å². The molecule has 0 saturated carbocycles. The van der Waals surface area contributed by atoms with E-state index in [9.17, 15) is 0 Å². The van der Waals surface area contributed by atoms with Gasteiger partial charge in [-0.3, -0.25) is 0 Å². The maximum atomic E-state index is 6.25. The molecule has 110 valence electrons. The minimum Gasteiger partial charge on any atom is -0.490 e. The second-order valence-electron chi connectivity index (χ2n) is 6.15. The summed E-state index contributed by atoms with van der Waals surface area (Å²) in [6, 6.07) is 6.39. The predicted molar refractivity (Wildman–Crippen MR) is 78.3 cm³/mol. The third-order valence-corrected chi connectivity index (χ3v) is 4.48. The molecule has 2 aliphatic rings. The molecule has 0 bridgehead atoms. The van der Waals surface area contributed by atoms with Gasteiger partial charge in [0.05, 0.1) is 12.2 Å². The molecule has 0 amide bonds. The van der Waals surface area contributed by atoms with E-state index in [0.29, 0.717) is 0 Å². The van der Waals surface area contributed by atoms with Gasteiger partial charge in [0.1, 0.15) is 11.9 Å². The van der Waals surface area contributed by atoms with E-state index in [-0.39, 0.29) is 11.7 Å². The monoisotopic (exact) mass is 276 g/mol. The maximum absolute atomic E-state index is 6.25. The summed E-state index contributed by atoms with van der Waals surface area (Å²) in [7, 11) is 0. The van der Waals surface area contributed by atoms with Crippen LogP contribution < -0.4 is 4.74 Å². The van der Waals surface area contributed by atoms with Crippen molar-refractivity contribution in [3.05, 3.63) is 29.3 Å². The minimum absolute atomic E-state index is 0.000230. The molecule has 0 radical (unpaired) electrons. The molecule has 2 aliphatic heterocycles. The van der Waals surface area contributed by atoms with Gasteiger partial charge in [-0.2, -0.15) is 0 Å². The zero-order chi connectivity index (χ0) is 14.0. The van der Waals surface area contributed by atoms with Crippen molar-refractivity contribution in [1.82, 2.24) is 0 Å². The van der Waals surface area contributed by atoms with Crippen molar-refractivity contribution < 1.29 is 14.2 Å². The van der Waals surface area contributed by atoms with Crippen LogP contribution in [0, 0.1) is 13.8 Å². The molecule has 20 heavy (non-hydrogen) atoms. The molecule has 3 heteroatoms. The van der Waals surface area contributed by atoms with Gasteiger partial charge in [-0.15, -0.1) is 0 Å². The number of benzene rings is 1. The van der Waals surface area contributed by atoms with Crippen molar-refractivity contribution in [2.45, 2.75) is 51.2 Å². The standard InChI is InChI=1S/C17H24O3/c1-13-3-4-16(14(2)11-13)20-15-5-8-19-17(12-15)6-9-18-10-7-17/h3-4,11,15H,5-10,12H2,1-2H3. The second-order valence-corrected chi connectivity index (χ2v) is 6.15. The second kappa shape index (κ2) is 5.74. The lowest BCUT2D eigenvalue weighted by molar-refractivity contribution is -0.155. The summed E-state index contributed by atoms with van der Waals surface area (Å²) in [5.74, 6) is 1.02. The summed E-state index contributed by atoms with van der Waals surface area (Å²) >= 11 is 0. The maximum Gasteiger partial charge on any atom is 0.122 e. The lowest BCUT2D eigenvalue weighted by atomic mass is 9.85. The highest BCUT2D eigenvalue weighted by molar-refractivity contribution is 5.35. The normalized spacial score (nSPS) is 25.6. The quantitative estimate of drug-likeness (QED) is 0.828. The van der Waals surface area contributed by atoms with Crippen molar-refractivity contribution in [2.75, 3.05) is 19.8 Å². The predicted octanol–water partition coefficient (Wildman–Crippen LogP) is 3.41. The van der Waals surface area contributed by atoms with E-state index >= 15 is 0 Å². The fraction of sp³-hybridized carbons (Fsp3) is 0.647. The highest BCUT2D eigenvalue weighted by Crippen LogP contribution is 2.36. The van der Waals surface area contributed by atoms with Gasteiger partial charge >= 0.3 is 0 Å². The Balaban J connectivity index is 1.68. The number of aryl methyl sites for hydroxylation is 2. The first-order chi connectivity index (χ1) is 9.67. The van der Waals surface area contributed by atoms with E-state index in [0.717, 1.165) is 51.3 Å². The Bertz CT molecular complexity index is 458. The van der Waals surface area contributed by atoms with Gasteiger partial charge < -0.3 is 14.2 Å². The van der Waals surface area contributed by atoms with Crippen LogP contribution in [0.1, 0.15) is 36.8 Å². The first-order valence-corrected chi connectivity index (χ1v) is 7.63. The largest absolute Gasteiger partial charge is 0.490 e. The molecule has 1 spiro atoms. The van der Waals surface area contributed by atoms with Crippen LogP contribution in [-0.4, -0.2) is 31.5 Å². The van der Waals surface area contributed by atoms with Crippen LogP contribution in [0.4, 0.5) is 0 Å². The molecule has 0 aromatic heterocycles. The van der Waals surface area contributed by atoms with Crippen molar-refractivity contribution in [2.24, 2.45) is 0 Å². The number of rotatable bonds is 2. The molecular formula is C17H24O3. The fourth-order valence-electron chi connectivity index (χ4n) is 3.29. The Morgan fingerprint density at radius 1 is 1.15 bits per heavy atom. The van der Waals surface area contributed by atoms with Crippen LogP contribution in [0.25, 0.3) is 0 Å². The van der Waals surface area contributed by atoms with Crippen LogP contribution in [0.2, 0.25) is 0 Å². The van der Waals surface area contributed by atoms with E-state index in [1.54, 1.807) is 0 Å². The van der Waals surface area contributed by atoms with Crippen LogP contribution in [0.3, 0.4) is 0 Å². The van der Waals surface area contributed by atoms with Gasteiger partial charge in [0, 0.05) is 26.1 Å². The van der Waals surface area contributed by atoms with Crippen molar-refractivity contribution in [3.63, 3.8) is 0 Å². The molecule has 3 nitrogen and oxygen atoms in total. The van der Waals surface area contributed by atoms with Gasteiger partial charge in [-0.05, 0) is 38.3 Å². The molecule has 0 N–H and O–H groups in total. The third-order valence-electron chi connectivity index (χ3n) is 4.48. The Labute approximate surface area is 121 Å². The molecule has 3 rings (SSSR count). The summed E-state index contributed by atoms with van der Waals surface area (Å²) in [5.41, 5.74) is 2.50. The average Bonchev–Trinajstić information content (AvgIpc) is 2.43. The first-order valence-electron chi connectivity index (χ1n) is 7.63. The first kappa shape index (κ1) is 13.9. The summed E-state index contributed by atoms with van der Waals surface area (Å²) in [6.07, 6.45) is 4.24. The van der Waals surface area contributed by atoms with Crippen LogP contribution in [-0.2, 0) is 9.47 Å². The summed E-state index contributed by atoms with van der Waals surface area (Å²) in [5, 5.41) is 0. The summed E-state index contributed by atoms with van der Waals surface area (Å²) in [4.78, 5) is 0. The van der Waals surface area contributed by atoms with Gasteiger partial charge in [0.2, 0.25) is 0 Å². The molecule has 0 aliphatic carbocycles. The van der Waals surface area contributed by atoms with Crippen LogP contribution in [0.15, 0.2) is 18.2 Å². The third kappa shape index (κ3) is 2.99. The van der Waals surface area contributed by atoms with E-state index in [1.165, 1.54) is 11.1 Å². The van der Waals surface area contributed by atoms with E-state index in [4.69, 9.17) is 14.2 Å². The highest BCUT2D eigenvalue weighted by Gasteiger charge is 2.39. The fourth-order valence-corrected chi connectivity index (χ4v) is 3.29. The lowest BCUT2D eigenvalue weighted by Crippen LogP contribution is -2.47. The van der Waals surface area contributed by atoms with Gasteiger partial charge in [-0.1, -0.05) is 17.7 Å². The molecule has 2 saturated heterocycles. The Morgan fingerprint density at radius 2 is 1.95 bits per heavy atom. The molecule has 1 atom stereocenters. The molecule has 1 unspecified atom stereocenters. The van der Waals surface area contributed by atoms with Gasteiger partial charge in [0.15, 0.2) is 0 Å². The van der Waals surface area contributed by atoms with Crippen LogP contribution in [0.5, 0.6) is 5.75 Å². The summed E-state index contributed by atoms with van der Waals surface area (Å²) < 4.78 is 17.8. The molecular weight excluding hydrogens is 252 g/mol. The topological polar surface area (TPSA) is 27.7 Å². The molecule has 1 aromatic rings. The molecule has 2 fully saturated rings. The van der Waals surface area contributed by atoms with Crippen molar-refractivity contribution in [1.29, 1.82) is 0 Å². The Morgan fingerprint density at radius 3 is 2.70 bits per heavy atom. The number of hydrogen-bond acceptors (Lipinski definition) is 3. The van der Waals surface area contributed by atoms with Crippen molar-refractivity contribution >= 4 is 0 Å². The number of ether oxygens (including phenoxy) is 3. The highest BCUT2D eigenvalue weighted by atomic mass is 16.5. The zero-order valence-electron chi connectivity index (χ0n) is 12.5. The minimum atomic E-state index is -0.000230. The molecule has 2 heterocycles. The zero-order valence-corrected chi connectivity index (χ0v) is 12.5. The Kier molecular flexibility index (Phi) is 3.99. The van der Waals surface area contributed by atoms with Gasteiger partial charge in [0.25, 0.3) is 0 Å². The smallest absolute Gasteiger partial charge is 0.122 e. The average molecular weight is 276 g/mol. The lowest BCUT2D eigenvalue weighted by Gasteiger charge is -2.43. The van der Waals surface area contributed by atoms with E-state index in [2.05, 4.69) is 32.0 Å². The van der Waals surface area contributed by atoms with E-state index < -0.39 is 0 Å². The Hall–Kier alpha value is -1.06. The van der Waals surface area contributed by atoms with E-state index in [1.807, 2.05) is 0 Å². The molecule has 1 aromatic carbocycles. The van der Waals surface area contributed by atoms with Crippen LogP contribution >= 0.6 is 0 Å². The number of hydrogen-bond donors (Lipinski definition) is 0. The SMILES string of the molecule is Cc1ccc(OC2CCOC3(CCOCC3)C2)c(C)c1. The van der Waals surface area contributed by atoms with Gasteiger partial charge in [-0.25, -0.2) is 0 Å².